The van der Waals surface area contributed by atoms with Gasteiger partial charge in [-0.25, -0.2) is 14.8 Å². The van der Waals surface area contributed by atoms with E-state index in [4.69, 9.17) is 22.1 Å². The van der Waals surface area contributed by atoms with Crippen molar-refractivity contribution in [2.24, 2.45) is 5.92 Å². The summed E-state index contributed by atoms with van der Waals surface area (Å²) in [7, 11) is 0. The lowest BCUT2D eigenvalue weighted by atomic mass is 10.2. The third-order valence-corrected chi connectivity index (χ3v) is 4.49. The molecule has 7 nitrogen and oxygen atoms in total. The highest BCUT2D eigenvalue weighted by Crippen LogP contribution is 2.30. The molecule has 0 bridgehead atoms. The van der Waals surface area contributed by atoms with E-state index < -0.39 is 0 Å². The van der Waals surface area contributed by atoms with Gasteiger partial charge in [0.2, 0.25) is 0 Å². The lowest BCUT2D eigenvalue weighted by Gasteiger charge is -2.14. The molecule has 2 aromatic carbocycles. The number of halogens is 1. The van der Waals surface area contributed by atoms with E-state index in [1.54, 1.807) is 30.3 Å². The maximum absolute atomic E-state index is 12.0. The Labute approximate surface area is 180 Å². The van der Waals surface area contributed by atoms with Crippen LogP contribution in [0, 0.1) is 12.8 Å². The van der Waals surface area contributed by atoms with Gasteiger partial charge in [0.15, 0.2) is 11.6 Å². The molecule has 0 spiro atoms. The number of ether oxygens (including phenoxy) is 1. The molecule has 3 rings (SSSR count). The first-order valence-electron chi connectivity index (χ1n) is 9.51. The van der Waals surface area contributed by atoms with Crippen LogP contribution in [0.15, 0.2) is 48.8 Å². The normalized spacial score (nSPS) is 10.7. The number of hydrogen-bond donors (Lipinski definition) is 3. The molecule has 0 amide bonds. The van der Waals surface area contributed by atoms with E-state index in [1.165, 1.54) is 6.33 Å². The van der Waals surface area contributed by atoms with Gasteiger partial charge in [0.05, 0.1) is 12.2 Å². The number of aryl methyl sites for hydroxylation is 1. The molecular formula is C22H24ClN5O2. The van der Waals surface area contributed by atoms with Gasteiger partial charge < -0.3 is 21.1 Å². The number of rotatable bonds is 7. The Hall–Kier alpha value is -3.32. The highest BCUT2D eigenvalue weighted by molar-refractivity contribution is 6.30. The zero-order chi connectivity index (χ0) is 21.7. The standard InChI is InChI=1S/C22H24ClN5O2/c1-13(2)11-30-22(29)15-4-7-17(8-5-15)27-20-19(24)21(26-12-25-20)28-18-9-6-16(23)10-14(18)3/h4-10,12-13H,11,24H2,1-3H3,(H2,25,26,27,28). The number of benzene rings is 2. The highest BCUT2D eigenvalue weighted by Gasteiger charge is 2.12. The number of hydrogen-bond acceptors (Lipinski definition) is 7. The van der Waals surface area contributed by atoms with Crippen LogP contribution in [0.3, 0.4) is 0 Å². The van der Waals surface area contributed by atoms with E-state index in [0.717, 1.165) is 16.9 Å². The van der Waals surface area contributed by atoms with Crippen molar-refractivity contribution in [2.45, 2.75) is 20.8 Å². The molecule has 0 unspecified atom stereocenters. The quantitative estimate of drug-likeness (QED) is 0.440. The number of aromatic nitrogens is 2. The zero-order valence-electron chi connectivity index (χ0n) is 17.1. The number of carbonyl (C=O) groups is 1. The summed E-state index contributed by atoms with van der Waals surface area (Å²) in [5.41, 5.74) is 9.65. The maximum Gasteiger partial charge on any atom is 0.338 e. The third kappa shape index (κ3) is 5.39. The molecule has 0 atom stereocenters. The summed E-state index contributed by atoms with van der Waals surface area (Å²) in [6, 6.07) is 12.4. The van der Waals surface area contributed by atoms with Crippen molar-refractivity contribution < 1.29 is 9.53 Å². The largest absolute Gasteiger partial charge is 0.462 e. The Morgan fingerprint density at radius 2 is 1.77 bits per heavy atom. The van der Waals surface area contributed by atoms with Crippen LogP contribution in [0.2, 0.25) is 5.02 Å². The summed E-state index contributed by atoms with van der Waals surface area (Å²) < 4.78 is 5.24. The predicted molar refractivity (Wildman–Crippen MR) is 121 cm³/mol. The minimum absolute atomic E-state index is 0.287. The molecule has 1 heterocycles. The molecule has 0 radical (unpaired) electrons. The van der Waals surface area contributed by atoms with Gasteiger partial charge in [0.1, 0.15) is 12.0 Å². The fourth-order valence-electron chi connectivity index (χ4n) is 2.64. The topological polar surface area (TPSA) is 102 Å². The SMILES string of the molecule is Cc1cc(Cl)ccc1Nc1ncnc(Nc2ccc(C(=O)OCC(C)C)cc2)c1N. The molecule has 1 aromatic heterocycles. The number of nitrogens with zero attached hydrogens (tertiary/aromatic N) is 2. The third-order valence-electron chi connectivity index (χ3n) is 4.26. The molecule has 4 N–H and O–H groups in total. The fourth-order valence-corrected chi connectivity index (χ4v) is 2.87. The van der Waals surface area contributed by atoms with Crippen molar-refractivity contribution in [3.05, 3.63) is 64.9 Å². The first kappa shape index (κ1) is 21.4. The van der Waals surface area contributed by atoms with Gasteiger partial charge in [-0.1, -0.05) is 25.4 Å². The van der Waals surface area contributed by atoms with Crippen LogP contribution < -0.4 is 16.4 Å². The number of anilines is 5. The second kappa shape index (κ2) is 9.45. The summed E-state index contributed by atoms with van der Waals surface area (Å²) in [5, 5.41) is 7.01. The first-order valence-corrected chi connectivity index (χ1v) is 9.89. The second-order valence-electron chi connectivity index (χ2n) is 7.26. The van der Waals surface area contributed by atoms with Crippen LogP contribution in [-0.4, -0.2) is 22.5 Å². The molecule has 3 aromatic rings. The summed E-state index contributed by atoms with van der Waals surface area (Å²) in [5.74, 6) is 0.873. The van der Waals surface area contributed by atoms with Gasteiger partial charge in [-0.3, -0.25) is 0 Å². The van der Waals surface area contributed by atoms with Crippen molar-refractivity contribution in [1.29, 1.82) is 0 Å². The van der Waals surface area contributed by atoms with Gasteiger partial charge in [-0.2, -0.15) is 0 Å². The minimum Gasteiger partial charge on any atom is -0.462 e. The van der Waals surface area contributed by atoms with Gasteiger partial charge >= 0.3 is 5.97 Å². The molecular weight excluding hydrogens is 402 g/mol. The van der Waals surface area contributed by atoms with Gasteiger partial charge in [-0.05, 0) is 60.9 Å². The van der Waals surface area contributed by atoms with E-state index in [0.29, 0.717) is 34.5 Å². The summed E-state index contributed by atoms with van der Waals surface area (Å²) >= 11 is 6.01. The average molecular weight is 426 g/mol. The van der Waals surface area contributed by atoms with Crippen LogP contribution >= 0.6 is 11.6 Å². The average Bonchev–Trinajstić information content (AvgIpc) is 2.71. The van der Waals surface area contributed by atoms with Crippen LogP contribution in [-0.2, 0) is 4.74 Å². The molecule has 0 saturated carbocycles. The van der Waals surface area contributed by atoms with Crippen molar-refractivity contribution in [1.82, 2.24) is 9.97 Å². The monoisotopic (exact) mass is 425 g/mol. The Morgan fingerprint density at radius 1 is 1.10 bits per heavy atom. The Morgan fingerprint density at radius 3 is 2.40 bits per heavy atom. The van der Waals surface area contributed by atoms with Crippen molar-refractivity contribution in [3.8, 4) is 0 Å². The van der Waals surface area contributed by atoms with Crippen molar-refractivity contribution in [2.75, 3.05) is 23.0 Å². The molecule has 156 valence electrons. The Balaban J connectivity index is 1.73. The number of nitrogens with two attached hydrogens (primary N) is 1. The van der Waals surface area contributed by atoms with Crippen LogP contribution in [0.25, 0.3) is 0 Å². The molecule has 30 heavy (non-hydrogen) atoms. The van der Waals surface area contributed by atoms with Gasteiger partial charge in [-0.15, -0.1) is 0 Å². The lowest BCUT2D eigenvalue weighted by Crippen LogP contribution is -2.10. The minimum atomic E-state index is -0.346. The van der Waals surface area contributed by atoms with Crippen LogP contribution in [0.4, 0.5) is 28.7 Å². The van der Waals surface area contributed by atoms with E-state index in [-0.39, 0.29) is 11.9 Å². The highest BCUT2D eigenvalue weighted by atomic mass is 35.5. The molecule has 0 aliphatic heterocycles. The van der Waals surface area contributed by atoms with Crippen LogP contribution in [0.1, 0.15) is 29.8 Å². The Kier molecular flexibility index (Phi) is 6.74. The smallest absolute Gasteiger partial charge is 0.338 e. The molecule has 0 aliphatic carbocycles. The molecule has 0 aliphatic rings. The molecule has 8 heteroatoms. The number of nitrogen functional groups attached to an aromatic ring is 1. The van der Waals surface area contributed by atoms with Gasteiger partial charge in [0, 0.05) is 16.4 Å². The van der Waals surface area contributed by atoms with E-state index >= 15 is 0 Å². The van der Waals surface area contributed by atoms with E-state index in [9.17, 15) is 4.79 Å². The second-order valence-corrected chi connectivity index (χ2v) is 7.70. The predicted octanol–water partition coefficient (Wildman–Crippen LogP) is 5.32. The number of esters is 1. The Bertz CT molecular complexity index is 1040. The summed E-state index contributed by atoms with van der Waals surface area (Å²) in [6.45, 7) is 6.31. The van der Waals surface area contributed by atoms with E-state index in [1.807, 2.05) is 32.9 Å². The summed E-state index contributed by atoms with van der Waals surface area (Å²) in [6.07, 6.45) is 1.42. The summed E-state index contributed by atoms with van der Waals surface area (Å²) in [4.78, 5) is 20.5. The number of nitrogens with one attached hydrogen (secondary N) is 2. The first-order chi connectivity index (χ1) is 14.3. The fraction of sp³-hybridized carbons (Fsp3) is 0.227. The van der Waals surface area contributed by atoms with Gasteiger partial charge in [0.25, 0.3) is 0 Å². The maximum atomic E-state index is 12.0. The lowest BCUT2D eigenvalue weighted by molar-refractivity contribution is 0.0459. The van der Waals surface area contributed by atoms with Crippen LogP contribution in [0.5, 0.6) is 0 Å². The van der Waals surface area contributed by atoms with Crippen molar-refractivity contribution >= 4 is 46.3 Å². The van der Waals surface area contributed by atoms with Crippen molar-refractivity contribution in [3.63, 3.8) is 0 Å². The zero-order valence-corrected chi connectivity index (χ0v) is 17.8. The molecule has 0 saturated heterocycles. The number of carbonyl (C=O) groups excluding carboxylic acids is 1. The molecule has 0 fully saturated rings. The van der Waals surface area contributed by atoms with E-state index in [2.05, 4.69) is 20.6 Å².